The molecule has 0 radical (unpaired) electrons. The van der Waals surface area contributed by atoms with Crippen molar-refractivity contribution in [2.45, 2.75) is 31.8 Å². The minimum Gasteiger partial charge on any atom is -0.486 e. The van der Waals surface area contributed by atoms with Crippen LogP contribution in [0, 0.1) is 0 Å². The van der Waals surface area contributed by atoms with Gasteiger partial charge in [0, 0.05) is 18.1 Å². The van der Waals surface area contributed by atoms with E-state index in [-0.39, 0.29) is 11.7 Å². The van der Waals surface area contributed by atoms with Crippen molar-refractivity contribution < 1.29 is 9.53 Å². The first-order chi connectivity index (χ1) is 13.7. The van der Waals surface area contributed by atoms with Crippen LogP contribution < -0.4 is 10.1 Å². The minimum absolute atomic E-state index is 0.0431. The summed E-state index contributed by atoms with van der Waals surface area (Å²) >= 11 is 7.24. The van der Waals surface area contributed by atoms with Gasteiger partial charge in [-0.15, -0.1) is 10.2 Å². The van der Waals surface area contributed by atoms with Gasteiger partial charge in [-0.05, 0) is 36.8 Å². The molecule has 0 saturated carbocycles. The second kappa shape index (κ2) is 10.1. The van der Waals surface area contributed by atoms with Gasteiger partial charge in [-0.2, -0.15) is 0 Å². The zero-order valence-corrected chi connectivity index (χ0v) is 17.0. The van der Waals surface area contributed by atoms with Crippen molar-refractivity contribution in [1.29, 1.82) is 0 Å². The van der Waals surface area contributed by atoms with Crippen LogP contribution in [0.2, 0.25) is 5.02 Å². The topological polar surface area (TPSA) is 69.0 Å². The highest BCUT2D eigenvalue weighted by Gasteiger charge is 2.13. The highest BCUT2D eigenvalue weighted by molar-refractivity contribution is 7.99. The lowest BCUT2D eigenvalue weighted by atomic mass is 10.2. The third kappa shape index (κ3) is 5.74. The van der Waals surface area contributed by atoms with Gasteiger partial charge in [0.15, 0.2) is 11.0 Å². The molecule has 0 saturated heterocycles. The molecule has 0 bridgehead atoms. The number of nitrogens with zero attached hydrogens (tertiary/aromatic N) is 3. The number of carbonyl (C=O) groups is 1. The van der Waals surface area contributed by atoms with Gasteiger partial charge in [0.25, 0.3) is 0 Å². The SMILES string of the molecule is CCn1c(COc2ccc(Cl)cc2)nnc1SCC(=O)NCc1ccccc1. The Morgan fingerprint density at radius 3 is 2.61 bits per heavy atom. The molecule has 1 aromatic heterocycles. The highest BCUT2D eigenvalue weighted by Crippen LogP contribution is 2.19. The van der Waals surface area contributed by atoms with Gasteiger partial charge in [0.2, 0.25) is 5.91 Å². The summed E-state index contributed by atoms with van der Waals surface area (Å²) in [5.41, 5.74) is 1.07. The molecule has 28 heavy (non-hydrogen) atoms. The van der Waals surface area contributed by atoms with Crippen molar-refractivity contribution in [3.05, 3.63) is 71.0 Å². The van der Waals surface area contributed by atoms with Crippen molar-refractivity contribution in [3.8, 4) is 5.75 Å². The quantitative estimate of drug-likeness (QED) is 0.535. The summed E-state index contributed by atoms with van der Waals surface area (Å²) in [5.74, 6) is 1.66. The van der Waals surface area contributed by atoms with E-state index in [1.807, 2.05) is 54.0 Å². The van der Waals surface area contributed by atoms with Crippen LogP contribution in [-0.2, 0) is 24.5 Å². The van der Waals surface area contributed by atoms with Gasteiger partial charge in [-0.1, -0.05) is 53.7 Å². The predicted octanol–water partition coefficient (Wildman–Crippen LogP) is 3.94. The van der Waals surface area contributed by atoms with Crippen LogP contribution in [0.4, 0.5) is 0 Å². The van der Waals surface area contributed by atoms with E-state index in [2.05, 4.69) is 15.5 Å². The molecule has 6 nitrogen and oxygen atoms in total. The highest BCUT2D eigenvalue weighted by atomic mass is 35.5. The maximum Gasteiger partial charge on any atom is 0.230 e. The van der Waals surface area contributed by atoms with Crippen LogP contribution in [0.15, 0.2) is 59.8 Å². The fourth-order valence-electron chi connectivity index (χ4n) is 2.51. The molecule has 0 atom stereocenters. The first-order valence-electron chi connectivity index (χ1n) is 8.89. The van der Waals surface area contributed by atoms with Gasteiger partial charge in [0.1, 0.15) is 12.4 Å². The van der Waals surface area contributed by atoms with Gasteiger partial charge in [-0.25, -0.2) is 0 Å². The predicted molar refractivity (Wildman–Crippen MR) is 110 cm³/mol. The summed E-state index contributed by atoms with van der Waals surface area (Å²) in [5, 5.41) is 12.7. The molecule has 146 valence electrons. The normalized spacial score (nSPS) is 10.6. The molecule has 0 aliphatic heterocycles. The summed E-state index contributed by atoms with van der Waals surface area (Å²) < 4.78 is 7.69. The summed E-state index contributed by atoms with van der Waals surface area (Å²) in [4.78, 5) is 12.1. The molecule has 0 aliphatic carbocycles. The zero-order chi connectivity index (χ0) is 19.8. The summed E-state index contributed by atoms with van der Waals surface area (Å²) in [7, 11) is 0. The lowest BCUT2D eigenvalue weighted by Crippen LogP contribution is -2.24. The molecule has 1 N–H and O–H groups in total. The van der Waals surface area contributed by atoms with Crippen molar-refractivity contribution in [1.82, 2.24) is 20.1 Å². The lowest BCUT2D eigenvalue weighted by Gasteiger charge is -2.09. The van der Waals surface area contributed by atoms with Crippen LogP contribution in [0.5, 0.6) is 5.75 Å². The Morgan fingerprint density at radius 2 is 1.89 bits per heavy atom. The Labute approximate surface area is 173 Å². The van der Waals surface area contributed by atoms with Gasteiger partial charge in [0.05, 0.1) is 5.75 Å². The average Bonchev–Trinajstić information content (AvgIpc) is 3.13. The number of hydrogen-bond acceptors (Lipinski definition) is 5. The van der Waals surface area contributed by atoms with E-state index in [0.717, 1.165) is 5.56 Å². The van der Waals surface area contributed by atoms with Crippen LogP contribution in [-0.4, -0.2) is 26.4 Å². The molecule has 0 aliphatic rings. The van der Waals surface area contributed by atoms with Crippen molar-refractivity contribution in [2.75, 3.05) is 5.75 Å². The maximum atomic E-state index is 12.1. The van der Waals surface area contributed by atoms with Gasteiger partial charge in [-0.3, -0.25) is 4.79 Å². The second-order valence-corrected chi connectivity index (χ2v) is 7.32. The molecule has 0 fully saturated rings. The molecular formula is C20H21ClN4O2S. The lowest BCUT2D eigenvalue weighted by molar-refractivity contribution is -0.118. The number of ether oxygens (including phenoxy) is 1. The number of amides is 1. The number of rotatable bonds is 9. The van der Waals surface area contributed by atoms with E-state index in [1.165, 1.54) is 11.8 Å². The van der Waals surface area contributed by atoms with E-state index >= 15 is 0 Å². The Hall–Kier alpha value is -2.51. The number of carbonyl (C=O) groups excluding carboxylic acids is 1. The van der Waals surface area contributed by atoms with Gasteiger partial charge < -0.3 is 14.6 Å². The molecule has 1 amide bonds. The average molecular weight is 417 g/mol. The zero-order valence-electron chi connectivity index (χ0n) is 15.5. The molecule has 8 heteroatoms. The fraction of sp³-hybridized carbons (Fsp3) is 0.250. The molecular weight excluding hydrogens is 396 g/mol. The second-order valence-electron chi connectivity index (χ2n) is 5.94. The Kier molecular flexibility index (Phi) is 7.33. The molecule has 2 aromatic carbocycles. The number of hydrogen-bond donors (Lipinski definition) is 1. The van der Waals surface area contributed by atoms with Crippen LogP contribution >= 0.6 is 23.4 Å². The Bertz CT molecular complexity index is 900. The number of benzene rings is 2. The van der Waals surface area contributed by atoms with E-state index in [9.17, 15) is 4.79 Å². The first kappa shape index (κ1) is 20.2. The largest absolute Gasteiger partial charge is 0.486 e. The molecule has 0 spiro atoms. The number of thioether (sulfide) groups is 1. The molecule has 0 unspecified atom stereocenters. The Morgan fingerprint density at radius 1 is 1.14 bits per heavy atom. The molecule has 3 rings (SSSR count). The van der Waals surface area contributed by atoms with Crippen molar-refractivity contribution >= 4 is 29.3 Å². The standard InChI is InChI=1S/C20H21ClN4O2S/c1-2-25-18(13-27-17-10-8-16(21)9-11-17)23-24-20(25)28-14-19(26)22-12-15-6-4-3-5-7-15/h3-11H,2,12-14H2,1H3,(H,22,26). The smallest absolute Gasteiger partial charge is 0.230 e. The van der Waals surface area contributed by atoms with Crippen LogP contribution in [0.3, 0.4) is 0 Å². The maximum absolute atomic E-state index is 12.1. The van der Waals surface area contributed by atoms with Gasteiger partial charge >= 0.3 is 0 Å². The third-order valence-corrected chi connectivity index (χ3v) is 5.17. The van der Waals surface area contributed by atoms with Crippen molar-refractivity contribution in [3.63, 3.8) is 0 Å². The number of halogens is 1. The third-order valence-electron chi connectivity index (χ3n) is 3.96. The van der Waals surface area contributed by atoms with E-state index in [0.29, 0.717) is 41.4 Å². The summed E-state index contributed by atoms with van der Waals surface area (Å²) in [6.07, 6.45) is 0. The first-order valence-corrected chi connectivity index (χ1v) is 10.3. The van der Waals surface area contributed by atoms with Crippen LogP contribution in [0.1, 0.15) is 18.3 Å². The van der Waals surface area contributed by atoms with E-state index in [4.69, 9.17) is 16.3 Å². The summed E-state index contributed by atoms with van der Waals surface area (Å²) in [6, 6.07) is 17.0. The number of nitrogens with one attached hydrogen (secondary N) is 1. The Balaban J connectivity index is 1.51. The van der Waals surface area contributed by atoms with E-state index in [1.54, 1.807) is 12.1 Å². The minimum atomic E-state index is -0.0431. The fourth-order valence-corrected chi connectivity index (χ4v) is 3.48. The van der Waals surface area contributed by atoms with Crippen LogP contribution in [0.25, 0.3) is 0 Å². The monoisotopic (exact) mass is 416 g/mol. The number of aromatic nitrogens is 3. The van der Waals surface area contributed by atoms with Crippen molar-refractivity contribution in [2.24, 2.45) is 0 Å². The molecule has 3 aromatic rings. The van der Waals surface area contributed by atoms with E-state index < -0.39 is 0 Å². The molecule has 1 heterocycles. The summed E-state index contributed by atoms with van der Waals surface area (Å²) in [6.45, 7) is 3.51.